The quantitative estimate of drug-likeness (QED) is 0.829. The second-order valence-corrected chi connectivity index (χ2v) is 7.97. The van der Waals surface area contributed by atoms with Crippen LogP contribution in [0.25, 0.3) is 0 Å². The van der Waals surface area contributed by atoms with Gasteiger partial charge in [-0.3, -0.25) is 0 Å². The van der Waals surface area contributed by atoms with Crippen molar-refractivity contribution in [2.75, 3.05) is 26.7 Å². The van der Waals surface area contributed by atoms with Crippen molar-refractivity contribution in [3.63, 3.8) is 0 Å². The number of piperazine rings is 1. The number of para-hydroxylation sites is 1. The van der Waals surface area contributed by atoms with Crippen LogP contribution < -0.4 is 10.1 Å². The number of nitrogens with one attached hydrogen (secondary N) is 1. The van der Waals surface area contributed by atoms with Gasteiger partial charge < -0.3 is 10.1 Å². The predicted molar refractivity (Wildman–Crippen MR) is 101 cm³/mol. The van der Waals surface area contributed by atoms with Crippen molar-refractivity contribution in [2.45, 2.75) is 17.9 Å². The van der Waals surface area contributed by atoms with E-state index >= 15 is 0 Å². The van der Waals surface area contributed by atoms with Gasteiger partial charge in [0.05, 0.1) is 13.2 Å². The highest BCUT2D eigenvalue weighted by Gasteiger charge is 2.37. The molecule has 0 spiro atoms. The summed E-state index contributed by atoms with van der Waals surface area (Å²) < 4.78 is 60.7. The zero-order chi connectivity index (χ0) is 18.9. The third-order valence-corrected chi connectivity index (χ3v) is 6.42. The molecule has 5 nitrogen and oxygen atoms in total. The normalized spacial score (nSPS) is 18.0. The van der Waals surface area contributed by atoms with Crippen LogP contribution in [0, 0.1) is 18.6 Å². The van der Waals surface area contributed by atoms with Crippen LogP contribution in [0.3, 0.4) is 0 Å². The summed E-state index contributed by atoms with van der Waals surface area (Å²) in [5.74, 6) is -1.31. The van der Waals surface area contributed by atoms with E-state index in [0.29, 0.717) is 30.5 Å². The minimum atomic E-state index is -4.16. The molecule has 0 bridgehead atoms. The third kappa shape index (κ3) is 4.08. The van der Waals surface area contributed by atoms with Crippen LogP contribution >= 0.6 is 12.4 Å². The topological polar surface area (TPSA) is 58.6 Å². The number of hydrogen-bond acceptors (Lipinski definition) is 4. The van der Waals surface area contributed by atoms with Gasteiger partial charge in [0.15, 0.2) is 0 Å². The summed E-state index contributed by atoms with van der Waals surface area (Å²) >= 11 is 0. The van der Waals surface area contributed by atoms with E-state index in [1.54, 1.807) is 24.3 Å². The predicted octanol–water partition coefficient (Wildman–Crippen LogP) is 3.04. The van der Waals surface area contributed by atoms with Crippen molar-refractivity contribution in [3.05, 3.63) is 59.2 Å². The number of ether oxygens (including phenoxy) is 1. The molecule has 0 amide bonds. The first kappa shape index (κ1) is 21.6. The first-order chi connectivity index (χ1) is 12.4. The molecule has 2 aromatic rings. The van der Waals surface area contributed by atoms with Crippen molar-refractivity contribution in [2.24, 2.45) is 0 Å². The minimum absolute atomic E-state index is 0. The van der Waals surface area contributed by atoms with Crippen molar-refractivity contribution in [1.29, 1.82) is 0 Å². The highest BCUT2D eigenvalue weighted by Crippen LogP contribution is 2.34. The molecule has 1 N–H and O–H groups in total. The Morgan fingerprint density at radius 2 is 1.89 bits per heavy atom. The average molecular weight is 419 g/mol. The van der Waals surface area contributed by atoms with E-state index in [9.17, 15) is 17.2 Å². The van der Waals surface area contributed by atoms with Gasteiger partial charge in [-0.1, -0.05) is 18.2 Å². The second-order valence-electron chi connectivity index (χ2n) is 6.11. The number of halogens is 3. The average Bonchev–Trinajstić information content (AvgIpc) is 2.64. The lowest BCUT2D eigenvalue weighted by Gasteiger charge is -2.36. The Bertz CT molecular complexity index is 925. The smallest absolute Gasteiger partial charge is 0.246 e. The number of aryl methyl sites for hydroxylation is 1. The molecule has 1 atom stereocenters. The molecule has 0 radical (unpaired) electrons. The molecule has 1 aliphatic rings. The molecule has 9 heteroatoms. The summed E-state index contributed by atoms with van der Waals surface area (Å²) in [5.41, 5.74) is 0.763. The maximum absolute atomic E-state index is 14.3. The van der Waals surface area contributed by atoms with Crippen LogP contribution in [0.15, 0.2) is 41.3 Å². The summed E-state index contributed by atoms with van der Waals surface area (Å²) in [6.45, 7) is 2.37. The molecule has 148 valence electrons. The zero-order valence-electron chi connectivity index (χ0n) is 14.9. The van der Waals surface area contributed by atoms with Gasteiger partial charge >= 0.3 is 0 Å². The van der Waals surface area contributed by atoms with Crippen molar-refractivity contribution in [1.82, 2.24) is 9.62 Å². The van der Waals surface area contributed by atoms with Crippen LogP contribution in [0.1, 0.15) is 17.2 Å². The molecular weight excluding hydrogens is 398 g/mol. The van der Waals surface area contributed by atoms with Crippen LogP contribution in [0.2, 0.25) is 0 Å². The van der Waals surface area contributed by atoms with Crippen LogP contribution in [0.4, 0.5) is 8.78 Å². The van der Waals surface area contributed by atoms with Gasteiger partial charge in [0.2, 0.25) is 10.0 Å². The SMILES string of the molecule is COc1ccccc1C1CNCCN1S(=O)(=O)c1cc(C)c(F)cc1F.Cl. The zero-order valence-corrected chi connectivity index (χ0v) is 16.5. The van der Waals surface area contributed by atoms with Crippen molar-refractivity contribution >= 4 is 22.4 Å². The number of methoxy groups -OCH3 is 1. The summed E-state index contributed by atoms with van der Waals surface area (Å²) in [6, 6.07) is 8.21. The summed E-state index contributed by atoms with van der Waals surface area (Å²) in [5, 5.41) is 3.16. The van der Waals surface area contributed by atoms with Crippen molar-refractivity contribution < 1.29 is 21.9 Å². The van der Waals surface area contributed by atoms with Gasteiger partial charge in [0.25, 0.3) is 0 Å². The van der Waals surface area contributed by atoms with Crippen LogP contribution in [-0.4, -0.2) is 39.5 Å². The Labute approximate surface area is 163 Å². The van der Waals surface area contributed by atoms with Gasteiger partial charge in [-0.15, -0.1) is 12.4 Å². The lowest BCUT2D eigenvalue weighted by atomic mass is 10.0. The molecule has 2 aromatic carbocycles. The highest BCUT2D eigenvalue weighted by molar-refractivity contribution is 7.89. The maximum atomic E-state index is 14.3. The third-order valence-electron chi connectivity index (χ3n) is 4.49. The lowest BCUT2D eigenvalue weighted by molar-refractivity contribution is 0.264. The Kier molecular flexibility index (Phi) is 6.80. The Balaban J connectivity index is 0.00000261. The van der Waals surface area contributed by atoms with Crippen LogP contribution in [-0.2, 0) is 10.0 Å². The van der Waals surface area contributed by atoms with E-state index in [-0.39, 0.29) is 24.5 Å². The summed E-state index contributed by atoms with van der Waals surface area (Å²) in [4.78, 5) is -0.516. The standard InChI is InChI=1S/C18H20F2N2O3S.ClH/c1-12-9-18(15(20)10-14(12)19)26(23,24)22-8-7-21-11-16(22)13-5-3-4-6-17(13)25-2;/h3-6,9-10,16,21H,7-8,11H2,1-2H3;1H. The maximum Gasteiger partial charge on any atom is 0.246 e. The first-order valence-corrected chi connectivity index (χ1v) is 9.61. The molecule has 3 rings (SSSR count). The van der Waals surface area contributed by atoms with E-state index in [0.717, 1.165) is 6.07 Å². The van der Waals surface area contributed by atoms with E-state index in [1.807, 2.05) is 0 Å². The van der Waals surface area contributed by atoms with Crippen molar-refractivity contribution in [3.8, 4) is 5.75 Å². The molecule has 1 unspecified atom stereocenters. The van der Waals surface area contributed by atoms with Gasteiger partial charge in [-0.2, -0.15) is 4.31 Å². The fourth-order valence-corrected chi connectivity index (χ4v) is 4.87. The molecule has 1 aliphatic heterocycles. The van der Waals surface area contributed by atoms with E-state index in [1.165, 1.54) is 18.3 Å². The molecule has 27 heavy (non-hydrogen) atoms. The molecule has 1 saturated heterocycles. The van der Waals surface area contributed by atoms with Gasteiger partial charge in [-0.05, 0) is 24.6 Å². The molecular formula is C18H21ClF2N2O3S. The fraction of sp³-hybridized carbons (Fsp3) is 0.333. The molecule has 0 saturated carbocycles. The van der Waals surface area contributed by atoms with E-state index < -0.39 is 32.6 Å². The molecule has 1 heterocycles. The van der Waals surface area contributed by atoms with Gasteiger partial charge in [0.1, 0.15) is 22.3 Å². The fourth-order valence-electron chi connectivity index (χ4n) is 3.13. The summed E-state index contributed by atoms with van der Waals surface area (Å²) in [7, 11) is -2.65. The Morgan fingerprint density at radius 3 is 2.59 bits per heavy atom. The minimum Gasteiger partial charge on any atom is -0.496 e. The number of nitrogens with zero attached hydrogens (tertiary/aromatic N) is 1. The summed E-state index contributed by atoms with van der Waals surface area (Å²) in [6.07, 6.45) is 0. The highest BCUT2D eigenvalue weighted by atomic mass is 35.5. The Morgan fingerprint density at radius 1 is 1.19 bits per heavy atom. The number of benzene rings is 2. The molecule has 0 aromatic heterocycles. The van der Waals surface area contributed by atoms with E-state index in [4.69, 9.17) is 4.74 Å². The lowest BCUT2D eigenvalue weighted by Crippen LogP contribution is -2.48. The van der Waals surface area contributed by atoms with Gasteiger partial charge in [0, 0.05) is 31.3 Å². The number of rotatable bonds is 4. The Hall–Kier alpha value is -1.74. The molecule has 0 aliphatic carbocycles. The monoisotopic (exact) mass is 418 g/mol. The number of hydrogen-bond donors (Lipinski definition) is 1. The number of sulfonamides is 1. The second kappa shape index (κ2) is 8.52. The first-order valence-electron chi connectivity index (χ1n) is 8.17. The van der Waals surface area contributed by atoms with Gasteiger partial charge in [-0.25, -0.2) is 17.2 Å². The molecule has 1 fully saturated rings. The largest absolute Gasteiger partial charge is 0.496 e. The van der Waals surface area contributed by atoms with E-state index in [2.05, 4.69) is 5.32 Å². The van der Waals surface area contributed by atoms with Crippen LogP contribution in [0.5, 0.6) is 5.75 Å².